The van der Waals surface area contributed by atoms with E-state index in [0.717, 1.165) is 23.4 Å². The molecular formula is C18H19NO2. The molecule has 0 fully saturated rings. The zero-order chi connectivity index (χ0) is 14.9. The zero-order valence-electron chi connectivity index (χ0n) is 12.1. The molecule has 0 aromatic heterocycles. The largest absolute Gasteiger partial charge is 0.494 e. The van der Waals surface area contributed by atoms with E-state index in [1.54, 1.807) is 6.08 Å². The van der Waals surface area contributed by atoms with Crippen LogP contribution in [0.2, 0.25) is 0 Å². The number of nitrogens with one attached hydrogen (secondary N) is 1. The van der Waals surface area contributed by atoms with Gasteiger partial charge in [-0.2, -0.15) is 0 Å². The van der Waals surface area contributed by atoms with Crippen molar-refractivity contribution in [2.24, 2.45) is 0 Å². The summed E-state index contributed by atoms with van der Waals surface area (Å²) in [5, 5.41) is 2.82. The summed E-state index contributed by atoms with van der Waals surface area (Å²) in [6.07, 6.45) is 4.26. The predicted octanol–water partition coefficient (Wildman–Crippen LogP) is 4.13. The van der Waals surface area contributed by atoms with Crippen molar-refractivity contribution in [2.45, 2.75) is 13.3 Å². The quantitative estimate of drug-likeness (QED) is 0.809. The smallest absolute Gasteiger partial charge is 0.248 e. The van der Waals surface area contributed by atoms with Crippen LogP contribution in [0.5, 0.6) is 5.75 Å². The van der Waals surface area contributed by atoms with Gasteiger partial charge in [0, 0.05) is 17.8 Å². The molecule has 3 heteroatoms. The summed E-state index contributed by atoms with van der Waals surface area (Å²) in [5.74, 6) is 0.605. The molecule has 0 saturated heterocycles. The van der Waals surface area contributed by atoms with Gasteiger partial charge >= 0.3 is 0 Å². The van der Waals surface area contributed by atoms with Gasteiger partial charge in [0.05, 0.1) is 6.61 Å². The average molecular weight is 281 g/mol. The van der Waals surface area contributed by atoms with Crippen molar-refractivity contribution >= 4 is 17.7 Å². The number of hydrogen-bond donors (Lipinski definition) is 1. The zero-order valence-corrected chi connectivity index (χ0v) is 12.1. The van der Waals surface area contributed by atoms with Crippen molar-refractivity contribution in [1.82, 2.24) is 0 Å². The van der Waals surface area contributed by atoms with Crippen LogP contribution in [0.1, 0.15) is 18.9 Å². The fraction of sp³-hybridized carbons (Fsp3) is 0.167. The fourth-order valence-corrected chi connectivity index (χ4v) is 1.80. The Balaban J connectivity index is 1.95. The van der Waals surface area contributed by atoms with Gasteiger partial charge in [-0.3, -0.25) is 4.79 Å². The summed E-state index contributed by atoms with van der Waals surface area (Å²) in [5.41, 5.74) is 1.72. The van der Waals surface area contributed by atoms with Gasteiger partial charge in [0.1, 0.15) is 5.75 Å². The maximum absolute atomic E-state index is 11.9. The van der Waals surface area contributed by atoms with Crippen LogP contribution in [0.4, 0.5) is 5.69 Å². The number of hydrogen-bond acceptors (Lipinski definition) is 2. The molecule has 0 spiro atoms. The normalized spacial score (nSPS) is 10.5. The van der Waals surface area contributed by atoms with Crippen LogP contribution in [0.25, 0.3) is 6.08 Å². The summed E-state index contributed by atoms with van der Waals surface area (Å²) >= 11 is 0. The first-order valence-corrected chi connectivity index (χ1v) is 7.05. The topological polar surface area (TPSA) is 38.3 Å². The first kappa shape index (κ1) is 14.9. The second-order valence-electron chi connectivity index (χ2n) is 4.61. The molecular weight excluding hydrogens is 262 g/mol. The number of anilines is 1. The van der Waals surface area contributed by atoms with Crippen LogP contribution < -0.4 is 10.1 Å². The molecule has 1 amide bonds. The van der Waals surface area contributed by atoms with E-state index in [-0.39, 0.29) is 5.91 Å². The molecule has 0 unspecified atom stereocenters. The molecule has 0 saturated carbocycles. The minimum Gasteiger partial charge on any atom is -0.494 e. The van der Waals surface area contributed by atoms with E-state index < -0.39 is 0 Å². The van der Waals surface area contributed by atoms with E-state index in [0.29, 0.717) is 6.61 Å². The third kappa shape index (κ3) is 5.15. The van der Waals surface area contributed by atoms with E-state index >= 15 is 0 Å². The lowest BCUT2D eigenvalue weighted by molar-refractivity contribution is -0.111. The monoisotopic (exact) mass is 281 g/mol. The third-order valence-corrected chi connectivity index (χ3v) is 2.80. The van der Waals surface area contributed by atoms with Crippen molar-refractivity contribution < 1.29 is 9.53 Å². The highest BCUT2D eigenvalue weighted by molar-refractivity contribution is 6.02. The van der Waals surface area contributed by atoms with Crippen molar-refractivity contribution in [2.75, 3.05) is 11.9 Å². The van der Waals surface area contributed by atoms with Crippen molar-refractivity contribution in [1.29, 1.82) is 0 Å². The maximum atomic E-state index is 11.9. The molecule has 1 N–H and O–H groups in total. The highest BCUT2D eigenvalue weighted by atomic mass is 16.5. The summed E-state index contributed by atoms with van der Waals surface area (Å²) in [6.45, 7) is 2.73. The molecule has 2 aromatic carbocycles. The molecule has 0 aliphatic heterocycles. The highest BCUT2D eigenvalue weighted by Gasteiger charge is 2.00. The van der Waals surface area contributed by atoms with Gasteiger partial charge in [-0.15, -0.1) is 0 Å². The Bertz CT molecular complexity index is 606. The van der Waals surface area contributed by atoms with Gasteiger partial charge in [0.2, 0.25) is 5.91 Å². The van der Waals surface area contributed by atoms with Gasteiger partial charge in [-0.1, -0.05) is 43.3 Å². The van der Waals surface area contributed by atoms with E-state index in [1.165, 1.54) is 6.08 Å². The molecule has 108 valence electrons. The first-order chi connectivity index (χ1) is 10.3. The summed E-state index contributed by atoms with van der Waals surface area (Å²) in [4.78, 5) is 11.9. The van der Waals surface area contributed by atoms with E-state index in [1.807, 2.05) is 54.6 Å². The van der Waals surface area contributed by atoms with Crippen LogP contribution in [-0.4, -0.2) is 12.5 Å². The van der Waals surface area contributed by atoms with E-state index in [2.05, 4.69) is 12.2 Å². The lowest BCUT2D eigenvalue weighted by Crippen LogP contribution is -2.07. The van der Waals surface area contributed by atoms with Gasteiger partial charge in [0.15, 0.2) is 0 Å². The molecule has 2 rings (SSSR count). The number of benzene rings is 2. The molecule has 0 heterocycles. The number of amides is 1. The molecule has 21 heavy (non-hydrogen) atoms. The van der Waals surface area contributed by atoms with Crippen LogP contribution >= 0.6 is 0 Å². The standard InChI is InChI=1S/C18H19NO2/c1-2-13-21-17-10-6-9-16(14-17)19-18(20)12-11-15-7-4-3-5-8-15/h3-12,14H,2,13H2,1H3,(H,19,20)/b12-11+. The highest BCUT2D eigenvalue weighted by Crippen LogP contribution is 2.17. The van der Waals surface area contributed by atoms with E-state index in [4.69, 9.17) is 4.74 Å². The number of ether oxygens (including phenoxy) is 1. The van der Waals surface area contributed by atoms with Crippen LogP contribution in [0, 0.1) is 0 Å². The average Bonchev–Trinajstić information content (AvgIpc) is 2.52. The van der Waals surface area contributed by atoms with E-state index in [9.17, 15) is 4.79 Å². The molecule has 0 bridgehead atoms. The lowest BCUT2D eigenvalue weighted by atomic mass is 10.2. The Morgan fingerprint density at radius 2 is 1.95 bits per heavy atom. The molecule has 3 nitrogen and oxygen atoms in total. The van der Waals surface area contributed by atoms with Crippen LogP contribution in [-0.2, 0) is 4.79 Å². The van der Waals surface area contributed by atoms with Crippen LogP contribution in [0.15, 0.2) is 60.7 Å². The number of carbonyl (C=O) groups is 1. The predicted molar refractivity (Wildman–Crippen MR) is 86.3 cm³/mol. The number of carbonyl (C=O) groups excluding carboxylic acids is 1. The summed E-state index contributed by atoms with van der Waals surface area (Å²) < 4.78 is 5.54. The van der Waals surface area contributed by atoms with Crippen molar-refractivity contribution in [3.05, 3.63) is 66.2 Å². The van der Waals surface area contributed by atoms with Gasteiger partial charge in [-0.05, 0) is 30.2 Å². The second kappa shape index (κ2) is 7.90. The van der Waals surface area contributed by atoms with Crippen molar-refractivity contribution in [3.63, 3.8) is 0 Å². The third-order valence-electron chi connectivity index (χ3n) is 2.80. The minimum absolute atomic E-state index is 0.161. The molecule has 0 aliphatic carbocycles. The maximum Gasteiger partial charge on any atom is 0.248 e. The summed E-state index contributed by atoms with van der Waals surface area (Å²) in [6, 6.07) is 17.1. The molecule has 2 aromatic rings. The molecule has 0 radical (unpaired) electrons. The first-order valence-electron chi connectivity index (χ1n) is 7.05. The van der Waals surface area contributed by atoms with Gasteiger partial charge in [0.25, 0.3) is 0 Å². The fourth-order valence-electron chi connectivity index (χ4n) is 1.80. The second-order valence-corrected chi connectivity index (χ2v) is 4.61. The Labute approximate surface area is 125 Å². The Kier molecular flexibility index (Phi) is 5.59. The molecule has 0 atom stereocenters. The van der Waals surface area contributed by atoms with Crippen molar-refractivity contribution in [3.8, 4) is 5.75 Å². The molecule has 0 aliphatic rings. The van der Waals surface area contributed by atoms with Crippen LogP contribution in [0.3, 0.4) is 0 Å². The minimum atomic E-state index is -0.161. The Morgan fingerprint density at radius 3 is 2.71 bits per heavy atom. The number of rotatable bonds is 6. The lowest BCUT2D eigenvalue weighted by Gasteiger charge is -2.07. The Hall–Kier alpha value is -2.55. The van der Waals surface area contributed by atoms with Gasteiger partial charge in [-0.25, -0.2) is 0 Å². The Morgan fingerprint density at radius 1 is 1.14 bits per heavy atom. The summed E-state index contributed by atoms with van der Waals surface area (Å²) in [7, 11) is 0. The van der Waals surface area contributed by atoms with Gasteiger partial charge < -0.3 is 10.1 Å². The SMILES string of the molecule is CCCOc1cccc(NC(=O)/C=C/c2ccccc2)c1.